The van der Waals surface area contributed by atoms with Crippen molar-refractivity contribution < 1.29 is 0 Å². The normalized spacial score (nSPS) is 11.1. The third kappa shape index (κ3) is 4.18. The maximum Gasteiger partial charge on any atom is 0.0205 e. The molecule has 0 saturated heterocycles. The minimum absolute atomic E-state index is 0.588. The van der Waals surface area contributed by atoms with E-state index in [0.717, 1.165) is 13.1 Å². The lowest BCUT2D eigenvalue weighted by Gasteiger charge is -2.12. The Balaban J connectivity index is 2.23. The Morgan fingerprint density at radius 1 is 1.00 bits per heavy atom. The molecule has 0 saturated carbocycles. The van der Waals surface area contributed by atoms with Crippen molar-refractivity contribution in [1.82, 2.24) is 5.32 Å². The van der Waals surface area contributed by atoms with Crippen LogP contribution < -0.4 is 5.32 Å². The summed E-state index contributed by atoms with van der Waals surface area (Å²) in [6.45, 7) is 10.9. The first kappa shape index (κ1) is 15.8. The van der Waals surface area contributed by atoms with E-state index in [-0.39, 0.29) is 0 Å². The Morgan fingerprint density at radius 3 is 2.33 bits per heavy atom. The van der Waals surface area contributed by atoms with Gasteiger partial charge in [0.15, 0.2) is 0 Å². The van der Waals surface area contributed by atoms with Gasteiger partial charge in [-0.3, -0.25) is 0 Å². The largest absolute Gasteiger partial charge is 0.313 e. The topological polar surface area (TPSA) is 12.0 Å². The van der Waals surface area contributed by atoms with E-state index in [4.69, 9.17) is 0 Å². The number of rotatable bonds is 6. The minimum atomic E-state index is 0.588. The van der Waals surface area contributed by atoms with Crippen LogP contribution in [0.25, 0.3) is 11.1 Å². The first-order chi connectivity index (χ1) is 10.1. The van der Waals surface area contributed by atoms with Crippen LogP contribution in [0.2, 0.25) is 0 Å². The van der Waals surface area contributed by atoms with Crippen LogP contribution in [-0.2, 0) is 6.54 Å². The zero-order valence-corrected chi connectivity index (χ0v) is 13.7. The predicted molar refractivity (Wildman–Crippen MR) is 92.7 cm³/mol. The SMILES string of the molecule is CCCNCc1ccc(C)c(-c2ccc(C(C)C)cc2)c1. The molecule has 0 unspecified atom stereocenters. The number of hydrogen-bond donors (Lipinski definition) is 1. The fourth-order valence-corrected chi connectivity index (χ4v) is 2.55. The minimum Gasteiger partial charge on any atom is -0.313 e. The molecule has 0 aliphatic rings. The van der Waals surface area contributed by atoms with Crippen LogP contribution in [0, 0.1) is 6.92 Å². The number of hydrogen-bond acceptors (Lipinski definition) is 1. The molecule has 0 aliphatic heterocycles. The molecule has 0 amide bonds. The van der Waals surface area contributed by atoms with Crippen molar-refractivity contribution in [3.8, 4) is 11.1 Å². The standard InChI is InChI=1S/C20H27N/c1-5-12-21-14-17-7-6-16(4)20(13-17)19-10-8-18(9-11-19)15(2)3/h6-11,13,15,21H,5,12,14H2,1-4H3. The van der Waals surface area contributed by atoms with Gasteiger partial charge >= 0.3 is 0 Å². The van der Waals surface area contributed by atoms with E-state index < -0.39 is 0 Å². The molecule has 112 valence electrons. The fraction of sp³-hybridized carbons (Fsp3) is 0.400. The molecule has 0 fully saturated rings. The van der Waals surface area contributed by atoms with Crippen LogP contribution in [-0.4, -0.2) is 6.54 Å². The van der Waals surface area contributed by atoms with Gasteiger partial charge in [0.25, 0.3) is 0 Å². The van der Waals surface area contributed by atoms with E-state index in [1.807, 2.05) is 0 Å². The van der Waals surface area contributed by atoms with Gasteiger partial charge in [-0.15, -0.1) is 0 Å². The molecule has 0 spiro atoms. The third-order valence-electron chi connectivity index (χ3n) is 3.95. The summed E-state index contributed by atoms with van der Waals surface area (Å²) in [5.41, 5.74) is 6.76. The number of nitrogens with one attached hydrogen (secondary N) is 1. The zero-order chi connectivity index (χ0) is 15.2. The van der Waals surface area contributed by atoms with Gasteiger partial charge in [-0.05, 0) is 59.7 Å². The second-order valence-electron chi connectivity index (χ2n) is 6.10. The quantitative estimate of drug-likeness (QED) is 0.710. The molecule has 1 heteroatoms. The Labute approximate surface area is 129 Å². The van der Waals surface area contributed by atoms with Crippen LogP contribution in [0.4, 0.5) is 0 Å². The summed E-state index contributed by atoms with van der Waals surface area (Å²) in [5.74, 6) is 0.588. The predicted octanol–water partition coefficient (Wildman–Crippen LogP) is 5.29. The lowest BCUT2D eigenvalue weighted by atomic mass is 9.95. The van der Waals surface area contributed by atoms with Crippen molar-refractivity contribution in [1.29, 1.82) is 0 Å². The Bertz CT molecular complexity index is 567. The molecule has 0 atom stereocenters. The molecular formula is C20H27N. The molecule has 2 rings (SSSR count). The van der Waals surface area contributed by atoms with Crippen LogP contribution >= 0.6 is 0 Å². The van der Waals surface area contributed by atoms with E-state index >= 15 is 0 Å². The molecule has 1 nitrogen and oxygen atoms in total. The van der Waals surface area contributed by atoms with Gasteiger partial charge in [-0.25, -0.2) is 0 Å². The fourth-order valence-electron chi connectivity index (χ4n) is 2.55. The summed E-state index contributed by atoms with van der Waals surface area (Å²) >= 11 is 0. The van der Waals surface area contributed by atoms with Crippen LogP contribution in [0.1, 0.15) is 49.8 Å². The second kappa shape index (κ2) is 7.42. The summed E-state index contributed by atoms with van der Waals surface area (Å²) in [6.07, 6.45) is 1.18. The lowest BCUT2D eigenvalue weighted by molar-refractivity contribution is 0.675. The molecule has 0 heterocycles. The van der Waals surface area contributed by atoms with E-state index in [0.29, 0.717) is 5.92 Å². The van der Waals surface area contributed by atoms with Gasteiger partial charge in [0.1, 0.15) is 0 Å². The van der Waals surface area contributed by atoms with Gasteiger partial charge in [-0.1, -0.05) is 57.2 Å². The van der Waals surface area contributed by atoms with E-state index in [9.17, 15) is 0 Å². The summed E-state index contributed by atoms with van der Waals surface area (Å²) in [5, 5.41) is 3.47. The first-order valence-electron chi connectivity index (χ1n) is 8.02. The van der Waals surface area contributed by atoms with Crippen molar-refractivity contribution in [2.24, 2.45) is 0 Å². The summed E-state index contributed by atoms with van der Waals surface area (Å²) in [6, 6.07) is 15.8. The van der Waals surface area contributed by atoms with Gasteiger partial charge in [0, 0.05) is 6.54 Å². The van der Waals surface area contributed by atoms with E-state index in [2.05, 4.69) is 75.5 Å². The molecular weight excluding hydrogens is 254 g/mol. The van der Waals surface area contributed by atoms with Crippen molar-refractivity contribution >= 4 is 0 Å². The molecule has 0 aromatic heterocycles. The molecule has 2 aromatic carbocycles. The lowest BCUT2D eigenvalue weighted by Crippen LogP contribution is -2.13. The molecule has 0 bridgehead atoms. The summed E-state index contributed by atoms with van der Waals surface area (Å²) in [7, 11) is 0. The van der Waals surface area contributed by atoms with Gasteiger partial charge in [0.05, 0.1) is 0 Å². The monoisotopic (exact) mass is 281 g/mol. The maximum atomic E-state index is 3.47. The zero-order valence-electron chi connectivity index (χ0n) is 13.7. The highest BCUT2D eigenvalue weighted by atomic mass is 14.8. The highest BCUT2D eigenvalue weighted by Crippen LogP contribution is 2.26. The Kier molecular flexibility index (Phi) is 5.58. The molecule has 2 aromatic rings. The highest BCUT2D eigenvalue weighted by molar-refractivity contribution is 5.68. The van der Waals surface area contributed by atoms with Crippen molar-refractivity contribution in [2.75, 3.05) is 6.54 Å². The van der Waals surface area contributed by atoms with Crippen LogP contribution in [0.5, 0.6) is 0 Å². The average Bonchev–Trinajstić information content (AvgIpc) is 2.49. The average molecular weight is 281 g/mol. The molecule has 21 heavy (non-hydrogen) atoms. The van der Waals surface area contributed by atoms with Gasteiger partial charge < -0.3 is 5.32 Å². The Morgan fingerprint density at radius 2 is 1.71 bits per heavy atom. The van der Waals surface area contributed by atoms with Gasteiger partial charge in [-0.2, -0.15) is 0 Å². The Hall–Kier alpha value is -1.60. The van der Waals surface area contributed by atoms with Crippen LogP contribution in [0.3, 0.4) is 0 Å². The summed E-state index contributed by atoms with van der Waals surface area (Å²) in [4.78, 5) is 0. The molecule has 1 N–H and O–H groups in total. The smallest absolute Gasteiger partial charge is 0.0205 e. The third-order valence-corrected chi connectivity index (χ3v) is 3.95. The van der Waals surface area contributed by atoms with Crippen molar-refractivity contribution in [2.45, 2.75) is 46.6 Å². The van der Waals surface area contributed by atoms with E-state index in [1.54, 1.807) is 0 Å². The van der Waals surface area contributed by atoms with Crippen molar-refractivity contribution in [3.05, 3.63) is 59.2 Å². The van der Waals surface area contributed by atoms with Crippen LogP contribution in [0.15, 0.2) is 42.5 Å². The molecule has 0 aliphatic carbocycles. The number of aryl methyl sites for hydroxylation is 1. The first-order valence-corrected chi connectivity index (χ1v) is 8.02. The van der Waals surface area contributed by atoms with Gasteiger partial charge in [0.2, 0.25) is 0 Å². The maximum absolute atomic E-state index is 3.47. The van der Waals surface area contributed by atoms with Crippen molar-refractivity contribution in [3.63, 3.8) is 0 Å². The number of benzene rings is 2. The molecule has 0 radical (unpaired) electrons. The summed E-state index contributed by atoms with van der Waals surface area (Å²) < 4.78 is 0. The van der Waals surface area contributed by atoms with E-state index in [1.165, 1.54) is 34.2 Å². The highest BCUT2D eigenvalue weighted by Gasteiger charge is 2.05. The second-order valence-corrected chi connectivity index (χ2v) is 6.10.